The fraction of sp³-hybridized carbons (Fsp3) is 0.375. The number of aryl methyl sites for hydroxylation is 1. The first kappa shape index (κ1) is 17.1. The first-order chi connectivity index (χ1) is 11.0. The van der Waals surface area contributed by atoms with Gasteiger partial charge in [0.1, 0.15) is 0 Å². The van der Waals surface area contributed by atoms with Crippen LogP contribution in [0.1, 0.15) is 17.0 Å². The summed E-state index contributed by atoms with van der Waals surface area (Å²) in [6.45, 7) is 4.61. The lowest BCUT2D eigenvalue weighted by Crippen LogP contribution is -2.24. The third-order valence-electron chi connectivity index (χ3n) is 3.63. The lowest BCUT2D eigenvalue weighted by molar-refractivity contribution is 0.354. The average molecular weight is 334 g/mol. The van der Waals surface area contributed by atoms with Crippen molar-refractivity contribution in [1.82, 2.24) is 15.1 Å². The van der Waals surface area contributed by atoms with Crippen molar-refractivity contribution in [3.05, 3.63) is 35.2 Å². The van der Waals surface area contributed by atoms with Gasteiger partial charge >= 0.3 is 0 Å². The number of aromatic nitrogens is 2. The maximum absolute atomic E-state index is 5.35. The van der Waals surface area contributed by atoms with Crippen molar-refractivity contribution in [2.24, 2.45) is 0 Å². The van der Waals surface area contributed by atoms with Gasteiger partial charge in [-0.05, 0) is 43.8 Å². The van der Waals surface area contributed by atoms with Gasteiger partial charge in [-0.15, -0.1) is 0 Å². The van der Waals surface area contributed by atoms with Crippen LogP contribution in [-0.2, 0) is 6.54 Å². The Labute approximate surface area is 141 Å². The molecule has 23 heavy (non-hydrogen) atoms. The molecule has 0 saturated heterocycles. The van der Waals surface area contributed by atoms with Gasteiger partial charge in [0.05, 0.1) is 37.8 Å². The molecule has 7 heteroatoms. The molecule has 0 spiro atoms. The van der Waals surface area contributed by atoms with E-state index in [-0.39, 0.29) is 0 Å². The highest BCUT2D eigenvalue weighted by molar-refractivity contribution is 7.80. The lowest BCUT2D eigenvalue weighted by atomic mass is 10.2. The molecule has 6 nitrogen and oxygen atoms in total. The molecule has 0 bridgehead atoms. The molecule has 0 aliphatic carbocycles. The van der Waals surface area contributed by atoms with E-state index in [1.807, 2.05) is 36.7 Å². The van der Waals surface area contributed by atoms with Crippen LogP contribution in [0.15, 0.2) is 18.2 Å². The van der Waals surface area contributed by atoms with E-state index in [0.717, 1.165) is 22.6 Å². The van der Waals surface area contributed by atoms with Crippen LogP contribution in [0.2, 0.25) is 0 Å². The Bertz CT molecular complexity index is 712. The molecule has 124 valence electrons. The molecule has 1 heterocycles. The number of methoxy groups -OCH3 is 2. The van der Waals surface area contributed by atoms with E-state index in [1.54, 1.807) is 21.3 Å². The maximum atomic E-state index is 5.35. The van der Waals surface area contributed by atoms with E-state index in [1.165, 1.54) is 0 Å². The minimum absolute atomic E-state index is 0.571. The summed E-state index contributed by atoms with van der Waals surface area (Å²) in [4.78, 5) is 0. The van der Waals surface area contributed by atoms with Crippen LogP contribution in [0, 0.1) is 13.8 Å². The average Bonchev–Trinajstić information content (AvgIpc) is 2.82. The van der Waals surface area contributed by atoms with Gasteiger partial charge in [-0.25, -0.2) is 0 Å². The zero-order chi connectivity index (χ0) is 17.0. The van der Waals surface area contributed by atoms with Gasteiger partial charge < -0.3 is 20.1 Å². The van der Waals surface area contributed by atoms with Crippen LogP contribution in [-0.4, -0.2) is 36.2 Å². The van der Waals surface area contributed by atoms with E-state index in [4.69, 9.17) is 21.7 Å². The molecule has 1 aromatic carbocycles. The number of nitrogens with zero attached hydrogens (tertiary/aromatic N) is 2. The van der Waals surface area contributed by atoms with Crippen molar-refractivity contribution < 1.29 is 9.47 Å². The third-order valence-corrected chi connectivity index (χ3v) is 3.93. The lowest BCUT2D eigenvalue weighted by Gasteiger charge is -2.11. The van der Waals surface area contributed by atoms with Gasteiger partial charge in [-0.3, -0.25) is 4.68 Å². The molecule has 2 rings (SSSR count). The summed E-state index contributed by atoms with van der Waals surface area (Å²) in [5, 5.41) is 11.2. The SMILES string of the molecule is CNC(=S)Nc1c(C)nn(Cc2ccc(OC)c(OC)c2)c1C. The fourth-order valence-electron chi connectivity index (χ4n) is 2.36. The number of ether oxygens (including phenoxy) is 2. The van der Waals surface area contributed by atoms with Crippen molar-refractivity contribution in [3.63, 3.8) is 0 Å². The number of anilines is 1. The molecule has 0 aliphatic heterocycles. The number of rotatable bonds is 5. The topological polar surface area (TPSA) is 60.3 Å². The molecule has 0 aliphatic rings. The molecule has 2 aromatic rings. The van der Waals surface area contributed by atoms with Gasteiger partial charge in [0.2, 0.25) is 0 Å². The maximum Gasteiger partial charge on any atom is 0.170 e. The van der Waals surface area contributed by atoms with Gasteiger partial charge in [0, 0.05) is 7.05 Å². The monoisotopic (exact) mass is 334 g/mol. The van der Waals surface area contributed by atoms with Gasteiger partial charge in [-0.2, -0.15) is 5.10 Å². The largest absolute Gasteiger partial charge is 0.493 e. The first-order valence-electron chi connectivity index (χ1n) is 7.23. The quantitative estimate of drug-likeness (QED) is 0.819. The Morgan fingerprint density at radius 2 is 1.91 bits per heavy atom. The van der Waals surface area contributed by atoms with E-state index in [2.05, 4.69) is 15.7 Å². The van der Waals surface area contributed by atoms with Crippen molar-refractivity contribution in [2.75, 3.05) is 26.6 Å². The number of nitrogens with one attached hydrogen (secondary N) is 2. The molecule has 0 radical (unpaired) electrons. The van der Waals surface area contributed by atoms with Crippen LogP contribution in [0.4, 0.5) is 5.69 Å². The molecular formula is C16H22N4O2S. The zero-order valence-electron chi connectivity index (χ0n) is 14.1. The second kappa shape index (κ2) is 7.32. The predicted molar refractivity (Wildman–Crippen MR) is 95.6 cm³/mol. The Morgan fingerprint density at radius 1 is 1.22 bits per heavy atom. The normalized spacial score (nSPS) is 10.3. The smallest absolute Gasteiger partial charge is 0.170 e. The first-order valence-corrected chi connectivity index (χ1v) is 7.64. The van der Waals surface area contributed by atoms with Crippen molar-refractivity contribution in [2.45, 2.75) is 20.4 Å². The summed E-state index contributed by atoms with van der Waals surface area (Å²) >= 11 is 5.17. The highest BCUT2D eigenvalue weighted by Crippen LogP contribution is 2.28. The summed E-state index contributed by atoms with van der Waals surface area (Å²) < 4.78 is 12.6. The molecule has 0 saturated carbocycles. The standard InChI is InChI=1S/C16H22N4O2S/c1-10-15(18-16(23)17-3)11(2)20(19-10)9-12-6-7-13(21-4)14(8-12)22-5/h6-8H,9H2,1-5H3,(H2,17,18,23). The highest BCUT2D eigenvalue weighted by atomic mass is 32.1. The second-order valence-electron chi connectivity index (χ2n) is 5.10. The van der Waals surface area contributed by atoms with Crippen LogP contribution < -0.4 is 20.1 Å². The minimum atomic E-state index is 0.571. The molecule has 2 N–H and O–H groups in total. The molecule has 0 fully saturated rings. The predicted octanol–water partition coefficient (Wildman–Crippen LogP) is 2.48. The van der Waals surface area contributed by atoms with Crippen LogP contribution in [0.25, 0.3) is 0 Å². The van der Waals surface area contributed by atoms with Gasteiger partial charge in [0.25, 0.3) is 0 Å². The number of benzene rings is 1. The van der Waals surface area contributed by atoms with Crippen molar-refractivity contribution >= 4 is 23.0 Å². The van der Waals surface area contributed by atoms with Crippen LogP contribution in [0.3, 0.4) is 0 Å². The summed E-state index contributed by atoms with van der Waals surface area (Å²) in [6, 6.07) is 5.86. The van der Waals surface area contributed by atoms with Gasteiger partial charge in [0.15, 0.2) is 16.6 Å². The van der Waals surface area contributed by atoms with Crippen molar-refractivity contribution in [3.8, 4) is 11.5 Å². The highest BCUT2D eigenvalue weighted by Gasteiger charge is 2.13. The molecule has 0 unspecified atom stereocenters. The second-order valence-corrected chi connectivity index (χ2v) is 5.51. The Kier molecular flexibility index (Phi) is 5.44. The van der Waals surface area contributed by atoms with E-state index < -0.39 is 0 Å². The number of hydrogen-bond acceptors (Lipinski definition) is 4. The van der Waals surface area contributed by atoms with E-state index in [0.29, 0.717) is 23.2 Å². The van der Waals surface area contributed by atoms with Crippen LogP contribution in [0.5, 0.6) is 11.5 Å². The van der Waals surface area contributed by atoms with Crippen molar-refractivity contribution in [1.29, 1.82) is 0 Å². The summed E-state index contributed by atoms with van der Waals surface area (Å²) in [5.41, 5.74) is 3.94. The number of hydrogen-bond donors (Lipinski definition) is 2. The van der Waals surface area contributed by atoms with E-state index >= 15 is 0 Å². The molecule has 0 amide bonds. The molecular weight excluding hydrogens is 312 g/mol. The fourth-order valence-corrected chi connectivity index (χ4v) is 2.46. The van der Waals surface area contributed by atoms with E-state index in [9.17, 15) is 0 Å². The Balaban J connectivity index is 2.27. The summed E-state index contributed by atoms with van der Waals surface area (Å²) in [7, 11) is 5.04. The summed E-state index contributed by atoms with van der Waals surface area (Å²) in [6.07, 6.45) is 0. The minimum Gasteiger partial charge on any atom is -0.493 e. The molecule has 1 aromatic heterocycles. The van der Waals surface area contributed by atoms with Crippen LogP contribution >= 0.6 is 12.2 Å². The Hall–Kier alpha value is -2.28. The van der Waals surface area contributed by atoms with Gasteiger partial charge in [-0.1, -0.05) is 6.07 Å². The number of thiocarbonyl (C=S) groups is 1. The third kappa shape index (κ3) is 3.73. The molecule has 0 atom stereocenters. The Morgan fingerprint density at radius 3 is 2.52 bits per heavy atom. The zero-order valence-corrected chi connectivity index (χ0v) is 14.9. The summed E-state index contributed by atoms with van der Waals surface area (Å²) in [5.74, 6) is 1.42.